The van der Waals surface area contributed by atoms with Gasteiger partial charge in [-0.05, 0) is 36.1 Å². The molecule has 0 spiro atoms. The van der Waals surface area contributed by atoms with E-state index in [9.17, 15) is 4.21 Å². The van der Waals surface area contributed by atoms with E-state index in [1.54, 1.807) is 0 Å². The molecule has 1 aliphatic rings. The van der Waals surface area contributed by atoms with E-state index < -0.39 is 10.8 Å². The summed E-state index contributed by atoms with van der Waals surface area (Å²) >= 11 is 0. The maximum atomic E-state index is 11.5. The van der Waals surface area contributed by atoms with Crippen molar-refractivity contribution >= 4 is 16.9 Å². The first-order chi connectivity index (χ1) is 7.31. The standard InChI is InChI=1S/C12H15NOS/c1-2-15(14)9-10-7-8-13-12-6-4-3-5-11(10)12/h4,6-8H,2-3,5,9H2,1H3. The first-order valence-electron chi connectivity index (χ1n) is 5.29. The highest BCUT2D eigenvalue weighted by atomic mass is 32.2. The fraction of sp³-hybridized carbons (Fsp3) is 0.417. The summed E-state index contributed by atoms with van der Waals surface area (Å²) in [4.78, 5) is 4.33. The maximum absolute atomic E-state index is 11.5. The van der Waals surface area contributed by atoms with Gasteiger partial charge in [0.1, 0.15) is 0 Å². The third-order valence-corrected chi connectivity index (χ3v) is 3.94. The average molecular weight is 221 g/mol. The molecule has 1 heterocycles. The lowest BCUT2D eigenvalue weighted by Crippen LogP contribution is -2.06. The van der Waals surface area contributed by atoms with Crippen LogP contribution in [-0.4, -0.2) is 14.9 Å². The van der Waals surface area contributed by atoms with Crippen molar-refractivity contribution in [1.82, 2.24) is 4.98 Å². The van der Waals surface area contributed by atoms with Crippen LogP contribution in [0.25, 0.3) is 6.08 Å². The minimum atomic E-state index is -0.728. The first kappa shape index (κ1) is 10.6. The molecular weight excluding hydrogens is 206 g/mol. The molecule has 0 aliphatic heterocycles. The van der Waals surface area contributed by atoms with Crippen LogP contribution in [-0.2, 0) is 23.0 Å². The van der Waals surface area contributed by atoms with E-state index in [0.29, 0.717) is 5.75 Å². The highest BCUT2D eigenvalue weighted by molar-refractivity contribution is 7.84. The quantitative estimate of drug-likeness (QED) is 0.784. The van der Waals surface area contributed by atoms with Gasteiger partial charge < -0.3 is 0 Å². The average Bonchev–Trinajstić information content (AvgIpc) is 2.29. The van der Waals surface area contributed by atoms with Crippen LogP contribution in [0.3, 0.4) is 0 Å². The zero-order chi connectivity index (χ0) is 10.7. The van der Waals surface area contributed by atoms with Crippen molar-refractivity contribution < 1.29 is 4.21 Å². The Balaban J connectivity index is 2.32. The normalized spacial score (nSPS) is 16.1. The van der Waals surface area contributed by atoms with Crippen molar-refractivity contribution in [3.63, 3.8) is 0 Å². The monoisotopic (exact) mass is 221 g/mol. The number of pyridine rings is 1. The third kappa shape index (κ3) is 2.34. The molecule has 0 radical (unpaired) electrons. The van der Waals surface area contributed by atoms with Crippen molar-refractivity contribution in [3.05, 3.63) is 35.2 Å². The van der Waals surface area contributed by atoms with Crippen LogP contribution in [0.1, 0.15) is 30.2 Å². The number of hydrogen-bond donors (Lipinski definition) is 0. The van der Waals surface area contributed by atoms with Gasteiger partial charge in [0.15, 0.2) is 0 Å². The Morgan fingerprint density at radius 3 is 3.20 bits per heavy atom. The van der Waals surface area contributed by atoms with Crippen molar-refractivity contribution in [2.45, 2.75) is 25.5 Å². The van der Waals surface area contributed by atoms with Crippen molar-refractivity contribution in [1.29, 1.82) is 0 Å². The molecule has 2 nitrogen and oxygen atoms in total. The highest BCUT2D eigenvalue weighted by Gasteiger charge is 2.11. The number of hydrogen-bond acceptors (Lipinski definition) is 2. The van der Waals surface area contributed by atoms with E-state index in [1.165, 1.54) is 11.1 Å². The summed E-state index contributed by atoms with van der Waals surface area (Å²) in [6, 6.07) is 2.01. The van der Waals surface area contributed by atoms with Gasteiger partial charge in [0.05, 0.1) is 5.69 Å². The topological polar surface area (TPSA) is 30.0 Å². The highest BCUT2D eigenvalue weighted by Crippen LogP contribution is 2.21. The molecule has 0 fully saturated rings. The van der Waals surface area contributed by atoms with E-state index in [0.717, 1.165) is 24.3 Å². The number of aromatic nitrogens is 1. The zero-order valence-corrected chi connectivity index (χ0v) is 9.72. The summed E-state index contributed by atoms with van der Waals surface area (Å²) in [5, 5.41) is 0. The minimum Gasteiger partial charge on any atom is -0.259 e. The third-order valence-electron chi connectivity index (χ3n) is 2.66. The number of allylic oxidation sites excluding steroid dienone is 1. The van der Waals surface area contributed by atoms with Crippen LogP contribution in [0.2, 0.25) is 0 Å². The first-order valence-corrected chi connectivity index (χ1v) is 6.78. The van der Waals surface area contributed by atoms with E-state index in [2.05, 4.69) is 17.1 Å². The Morgan fingerprint density at radius 2 is 2.40 bits per heavy atom. The summed E-state index contributed by atoms with van der Waals surface area (Å²) in [7, 11) is -0.728. The van der Waals surface area contributed by atoms with E-state index in [1.807, 2.05) is 19.2 Å². The number of fused-ring (bicyclic) bond motifs is 1. The Kier molecular flexibility index (Phi) is 3.31. The molecule has 0 saturated carbocycles. The lowest BCUT2D eigenvalue weighted by Gasteiger charge is -2.13. The minimum absolute atomic E-state index is 0.676. The molecule has 1 atom stereocenters. The molecule has 1 aromatic heterocycles. The van der Waals surface area contributed by atoms with Gasteiger partial charge in [0.2, 0.25) is 0 Å². The largest absolute Gasteiger partial charge is 0.259 e. The summed E-state index contributed by atoms with van der Waals surface area (Å²) in [5.74, 6) is 1.40. The molecule has 1 aromatic rings. The fourth-order valence-corrected chi connectivity index (χ4v) is 2.64. The molecule has 80 valence electrons. The molecule has 1 unspecified atom stereocenters. The smallest absolute Gasteiger partial charge is 0.0661 e. The molecule has 0 saturated heterocycles. The summed E-state index contributed by atoms with van der Waals surface area (Å²) in [6.07, 6.45) is 8.14. The predicted molar refractivity (Wildman–Crippen MR) is 64.0 cm³/mol. The Morgan fingerprint density at radius 1 is 1.53 bits per heavy atom. The van der Waals surface area contributed by atoms with Crippen molar-refractivity contribution in [3.8, 4) is 0 Å². The molecule has 2 rings (SSSR count). The van der Waals surface area contributed by atoms with Gasteiger partial charge in [0, 0.05) is 28.5 Å². The molecule has 0 bridgehead atoms. The molecule has 15 heavy (non-hydrogen) atoms. The van der Waals surface area contributed by atoms with Crippen LogP contribution in [0.15, 0.2) is 18.3 Å². The van der Waals surface area contributed by atoms with Crippen LogP contribution >= 0.6 is 0 Å². The van der Waals surface area contributed by atoms with E-state index in [4.69, 9.17) is 0 Å². The molecule has 1 aliphatic carbocycles. The van der Waals surface area contributed by atoms with Gasteiger partial charge in [-0.1, -0.05) is 13.0 Å². The molecular formula is C12H15NOS. The molecule has 0 amide bonds. The maximum Gasteiger partial charge on any atom is 0.0661 e. The zero-order valence-electron chi connectivity index (χ0n) is 8.90. The summed E-state index contributed by atoms with van der Waals surface area (Å²) in [6.45, 7) is 1.96. The molecule has 0 aromatic carbocycles. The van der Waals surface area contributed by atoms with E-state index >= 15 is 0 Å². The van der Waals surface area contributed by atoms with Crippen LogP contribution < -0.4 is 0 Å². The van der Waals surface area contributed by atoms with Gasteiger partial charge in [-0.2, -0.15) is 0 Å². The van der Waals surface area contributed by atoms with E-state index in [-0.39, 0.29) is 0 Å². The van der Waals surface area contributed by atoms with Gasteiger partial charge >= 0.3 is 0 Å². The predicted octanol–water partition coefficient (Wildman–Crippen LogP) is 2.31. The summed E-state index contributed by atoms with van der Waals surface area (Å²) in [5.41, 5.74) is 3.57. The molecule has 3 heteroatoms. The van der Waals surface area contributed by atoms with Gasteiger partial charge in [0.25, 0.3) is 0 Å². The fourth-order valence-electron chi connectivity index (χ4n) is 1.82. The van der Waals surface area contributed by atoms with Gasteiger partial charge in [-0.3, -0.25) is 9.19 Å². The second kappa shape index (κ2) is 4.71. The second-order valence-electron chi connectivity index (χ2n) is 3.65. The molecule has 0 N–H and O–H groups in total. The second-order valence-corrected chi connectivity index (χ2v) is 5.39. The van der Waals surface area contributed by atoms with Gasteiger partial charge in [-0.25, -0.2) is 0 Å². The Hall–Kier alpha value is -0.960. The van der Waals surface area contributed by atoms with Crippen LogP contribution in [0, 0.1) is 0 Å². The van der Waals surface area contributed by atoms with Crippen LogP contribution in [0.4, 0.5) is 0 Å². The lowest BCUT2D eigenvalue weighted by atomic mass is 9.98. The lowest BCUT2D eigenvalue weighted by molar-refractivity contribution is 0.683. The van der Waals surface area contributed by atoms with Crippen LogP contribution in [0.5, 0.6) is 0 Å². The van der Waals surface area contributed by atoms with Crippen molar-refractivity contribution in [2.24, 2.45) is 0 Å². The number of nitrogens with zero attached hydrogens (tertiary/aromatic N) is 1. The summed E-state index contributed by atoms with van der Waals surface area (Å²) < 4.78 is 11.5. The van der Waals surface area contributed by atoms with Crippen molar-refractivity contribution in [2.75, 3.05) is 5.75 Å². The Bertz CT molecular complexity index is 412. The number of rotatable bonds is 3. The Labute approximate surface area is 92.9 Å². The van der Waals surface area contributed by atoms with Gasteiger partial charge in [-0.15, -0.1) is 0 Å². The SMILES string of the molecule is CCS(=O)Cc1ccnc2c1CCC=C2.